The van der Waals surface area contributed by atoms with Gasteiger partial charge < -0.3 is 20.0 Å². The first-order valence-corrected chi connectivity index (χ1v) is 10.1. The molecule has 8 nitrogen and oxygen atoms in total. The number of hydrogen-bond acceptors (Lipinski definition) is 4. The van der Waals surface area contributed by atoms with Gasteiger partial charge in [-0.15, -0.1) is 0 Å². The second-order valence-electron chi connectivity index (χ2n) is 7.44. The van der Waals surface area contributed by atoms with Crippen molar-refractivity contribution in [1.29, 1.82) is 0 Å². The minimum atomic E-state index is -0.253. The Labute approximate surface area is 182 Å². The Kier molecular flexibility index (Phi) is 4.74. The molecule has 160 valence electrons. The normalized spacial score (nSPS) is 11.2. The van der Waals surface area contributed by atoms with Gasteiger partial charge >= 0.3 is 5.69 Å². The Morgan fingerprint density at radius 3 is 2.69 bits per heavy atom. The predicted octanol–water partition coefficient (Wildman–Crippen LogP) is 3.15. The number of para-hydroxylation sites is 1. The molecule has 8 heteroatoms. The molecule has 0 aliphatic rings. The van der Waals surface area contributed by atoms with Gasteiger partial charge in [0.1, 0.15) is 11.6 Å². The van der Waals surface area contributed by atoms with Crippen molar-refractivity contribution < 1.29 is 9.53 Å². The monoisotopic (exact) mass is 427 g/mol. The van der Waals surface area contributed by atoms with Crippen LogP contribution in [0.15, 0.2) is 65.5 Å². The minimum Gasteiger partial charge on any atom is -0.496 e. The topological polar surface area (TPSA) is 105 Å². The van der Waals surface area contributed by atoms with E-state index < -0.39 is 0 Å². The average molecular weight is 427 g/mol. The molecule has 0 unspecified atom stereocenters. The van der Waals surface area contributed by atoms with E-state index in [1.165, 1.54) is 0 Å². The van der Waals surface area contributed by atoms with Crippen molar-refractivity contribution >= 4 is 28.0 Å². The Balaban J connectivity index is 1.72. The van der Waals surface area contributed by atoms with Crippen molar-refractivity contribution in [2.45, 2.75) is 6.42 Å². The lowest BCUT2D eigenvalue weighted by molar-refractivity contribution is 0.0963. The van der Waals surface area contributed by atoms with Crippen molar-refractivity contribution in [2.75, 3.05) is 14.2 Å². The van der Waals surface area contributed by atoms with Gasteiger partial charge in [0.15, 0.2) is 0 Å². The minimum absolute atomic E-state index is 0.168. The molecular formula is C24H21N5O3. The van der Waals surface area contributed by atoms with Crippen LogP contribution >= 0.6 is 0 Å². The van der Waals surface area contributed by atoms with Gasteiger partial charge in [0, 0.05) is 30.3 Å². The van der Waals surface area contributed by atoms with Gasteiger partial charge in [0.05, 0.1) is 29.2 Å². The number of nitrogens with zero attached hydrogens (tertiary/aromatic N) is 2. The molecule has 0 fully saturated rings. The number of H-pyrrole nitrogens is 2. The third-order valence-electron chi connectivity index (χ3n) is 5.51. The van der Waals surface area contributed by atoms with Crippen LogP contribution in [0.1, 0.15) is 21.7 Å². The zero-order chi connectivity index (χ0) is 22.2. The number of aromatic amines is 2. The molecule has 0 spiro atoms. The van der Waals surface area contributed by atoms with E-state index in [1.54, 1.807) is 26.3 Å². The predicted molar refractivity (Wildman–Crippen MR) is 123 cm³/mol. The molecule has 3 aromatic carbocycles. The van der Waals surface area contributed by atoms with E-state index in [9.17, 15) is 9.59 Å². The van der Waals surface area contributed by atoms with Gasteiger partial charge in [-0.25, -0.2) is 9.78 Å². The molecule has 32 heavy (non-hydrogen) atoms. The van der Waals surface area contributed by atoms with Crippen LogP contribution in [0, 0.1) is 0 Å². The third kappa shape index (κ3) is 3.31. The Bertz CT molecular complexity index is 1530. The van der Waals surface area contributed by atoms with Crippen LogP contribution in [0.5, 0.6) is 5.75 Å². The summed E-state index contributed by atoms with van der Waals surface area (Å²) >= 11 is 0. The van der Waals surface area contributed by atoms with E-state index in [1.807, 2.05) is 53.1 Å². The highest BCUT2D eigenvalue weighted by Gasteiger charge is 2.17. The van der Waals surface area contributed by atoms with Crippen LogP contribution in [0.2, 0.25) is 0 Å². The highest BCUT2D eigenvalue weighted by Crippen LogP contribution is 2.28. The Morgan fingerprint density at radius 1 is 1.06 bits per heavy atom. The van der Waals surface area contributed by atoms with Crippen LogP contribution in [0.25, 0.3) is 27.8 Å². The molecule has 3 N–H and O–H groups in total. The number of carbonyl (C=O) groups is 1. The van der Waals surface area contributed by atoms with Gasteiger partial charge in [0.2, 0.25) is 0 Å². The molecule has 1 amide bonds. The number of carbonyl (C=O) groups excluding carboxylic acids is 1. The Morgan fingerprint density at radius 2 is 1.88 bits per heavy atom. The number of rotatable bonds is 5. The van der Waals surface area contributed by atoms with Crippen LogP contribution in [-0.4, -0.2) is 39.6 Å². The van der Waals surface area contributed by atoms with E-state index in [2.05, 4.69) is 15.3 Å². The molecule has 0 aliphatic carbocycles. The highest BCUT2D eigenvalue weighted by atomic mass is 16.5. The first kappa shape index (κ1) is 19.6. The number of ether oxygens (including phenoxy) is 1. The quantitative estimate of drug-likeness (QED) is 0.401. The fraction of sp³-hybridized carbons (Fsp3) is 0.125. The second kappa shape index (κ2) is 7.73. The van der Waals surface area contributed by atoms with Gasteiger partial charge in [0.25, 0.3) is 5.91 Å². The first-order valence-electron chi connectivity index (χ1n) is 10.1. The van der Waals surface area contributed by atoms with Gasteiger partial charge in [-0.3, -0.25) is 9.36 Å². The maximum absolute atomic E-state index is 12.1. The lowest BCUT2D eigenvalue weighted by atomic mass is 10.1. The molecule has 5 rings (SSSR count). The van der Waals surface area contributed by atoms with Crippen LogP contribution < -0.4 is 15.7 Å². The first-order chi connectivity index (χ1) is 15.6. The SMILES string of the molecule is CNC(=O)c1ccc2c(c1)nc(Cc1ccccc1OC)n2-c1ccc2[nH]c(=O)[nH]c2c1. The molecule has 0 radical (unpaired) electrons. The maximum Gasteiger partial charge on any atom is 0.323 e. The van der Waals surface area contributed by atoms with Gasteiger partial charge in [-0.05, 0) is 42.5 Å². The molecule has 0 atom stereocenters. The summed E-state index contributed by atoms with van der Waals surface area (Å²) in [7, 11) is 3.25. The summed E-state index contributed by atoms with van der Waals surface area (Å²) in [6, 6.07) is 19.0. The zero-order valence-corrected chi connectivity index (χ0v) is 17.6. The number of aromatic nitrogens is 4. The van der Waals surface area contributed by atoms with Crippen LogP contribution in [0.4, 0.5) is 0 Å². The van der Waals surface area contributed by atoms with Gasteiger partial charge in [-0.2, -0.15) is 0 Å². The van der Waals surface area contributed by atoms with Crippen molar-refractivity contribution in [3.05, 3.63) is 88.1 Å². The molecule has 0 bridgehead atoms. The lowest BCUT2D eigenvalue weighted by Crippen LogP contribution is -2.17. The molecule has 2 heterocycles. The number of fused-ring (bicyclic) bond motifs is 2. The molecule has 0 saturated carbocycles. The number of benzene rings is 3. The number of hydrogen-bond donors (Lipinski definition) is 3. The summed E-state index contributed by atoms with van der Waals surface area (Å²) < 4.78 is 7.57. The molecular weight excluding hydrogens is 406 g/mol. The maximum atomic E-state index is 12.1. The van der Waals surface area contributed by atoms with Crippen LogP contribution in [0.3, 0.4) is 0 Å². The molecule has 2 aromatic heterocycles. The number of amides is 1. The standard InChI is InChI=1S/C24H21N5O3/c1-25-23(30)15-7-10-20-19(11-15)26-22(12-14-5-3-4-6-21(14)32-2)29(20)16-8-9-17-18(13-16)28-24(31)27-17/h3-11,13H,12H2,1-2H3,(H,25,30)(H2,27,28,31). The van der Waals surface area contributed by atoms with E-state index in [-0.39, 0.29) is 11.6 Å². The fourth-order valence-corrected chi connectivity index (χ4v) is 4.00. The second-order valence-corrected chi connectivity index (χ2v) is 7.44. The van der Waals surface area contributed by atoms with Gasteiger partial charge in [-0.1, -0.05) is 18.2 Å². The van der Waals surface area contributed by atoms with Crippen molar-refractivity contribution in [1.82, 2.24) is 24.8 Å². The van der Waals surface area contributed by atoms with Crippen molar-refractivity contribution in [3.8, 4) is 11.4 Å². The highest BCUT2D eigenvalue weighted by molar-refractivity contribution is 5.97. The van der Waals surface area contributed by atoms with E-state index >= 15 is 0 Å². The zero-order valence-electron chi connectivity index (χ0n) is 17.6. The summed E-state index contributed by atoms with van der Waals surface area (Å²) in [5, 5.41) is 2.65. The van der Waals surface area contributed by atoms with Crippen LogP contribution in [-0.2, 0) is 6.42 Å². The number of imidazole rings is 2. The molecule has 5 aromatic rings. The summed E-state index contributed by atoms with van der Waals surface area (Å²) in [4.78, 5) is 34.3. The van der Waals surface area contributed by atoms with Crippen molar-refractivity contribution in [2.24, 2.45) is 0 Å². The summed E-state index contributed by atoms with van der Waals surface area (Å²) in [6.45, 7) is 0. The van der Waals surface area contributed by atoms with E-state index in [0.717, 1.165) is 33.9 Å². The fourth-order valence-electron chi connectivity index (χ4n) is 4.00. The Hall–Kier alpha value is -4.33. The third-order valence-corrected chi connectivity index (χ3v) is 5.51. The summed E-state index contributed by atoms with van der Waals surface area (Å²) in [5.74, 6) is 1.40. The summed E-state index contributed by atoms with van der Waals surface area (Å²) in [5.41, 5.74) is 5.15. The smallest absolute Gasteiger partial charge is 0.323 e. The summed E-state index contributed by atoms with van der Waals surface area (Å²) in [6.07, 6.45) is 0.524. The lowest BCUT2D eigenvalue weighted by Gasteiger charge is -2.12. The number of nitrogens with one attached hydrogen (secondary N) is 3. The molecule has 0 saturated heterocycles. The van der Waals surface area contributed by atoms with Crippen molar-refractivity contribution in [3.63, 3.8) is 0 Å². The van der Waals surface area contributed by atoms with E-state index in [4.69, 9.17) is 9.72 Å². The average Bonchev–Trinajstić information content (AvgIpc) is 3.36. The molecule has 0 aliphatic heterocycles. The number of methoxy groups -OCH3 is 1. The van der Waals surface area contributed by atoms with E-state index in [0.29, 0.717) is 23.0 Å². The largest absolute Gasteiger partial charge is 0.496 e.